The van der Waals surface area contributed by atoms with E-state index in [0.29, 0.717) is 0 Å². The molecule has 0 aromatic carbocycles. The van der Waals surface area contributed by atoms with Crippen LogP contribution in [0.2, 0.25) is 0 Å². The highest BCUT2D eigenvalue weighted by Gasteiger charge is 2.52. The van der Waals surface area contributed by atoms with Crippen molar-refractivity contribution in [2.45, 2.75) is 19.4 Å². The molecule has 1 atom stereocenters. The highest BCUT2D eigenvalue weighted by atomic mass is 16.5. The molecule has 0 spiro atoms. The molecule has 13 heavy (non-hydrogen) atoms. The normalized spacial score (nSPS) is 27.1. The summed E-state index contributed by atoms with van der Waals surface area (Å²) in [5, 5.41) is 9.84. The number of rotatable bonds is 2. The molecule has 1 N–H and O–H groups in total. The maximum absolute atomic E-state index is 11.5. The van der Waals surface area contributed by atoms with Gasteiger partial charge in [-0.15, -0.1) is 0 Å². The summed E-state index contributed by atoms with van der Waals surface area (Å²) in [6, 6.07) is 0. The van der Waals surface area contributed by atoms with E-state index in [1.54, 1.807) is 19.9 Å². The van der Waals surface area contributed by atoms with Gasteiger partial charge in [0.25, 0.3) is 0 Å². The molecule has 4 heteroatoms. The van der Waals surface area contributed by atoms with Crippen LogP contribution in [0.5, 0.6) is 0 Å². The molecule has 0 aliphatic carbocycles. The topological polar surface area (TPSA) is 55.8 Å². The first kappa shape index (κ1) is 10.1. The molecule has 0 saturated carbocycles. The Morgan fingerprint density at radius 3 is 2.62 bits per heavy atom. The second-order valence-electron chi connectivity index (χ2n) is 3.64. The number of ether oxygens (including phenoxy) is 2. The number of hydrogen-bond donors (Lipinski definition) is 1. The molecule has 0 amide bonds. The fourth-order valence-electron chi connectivity index (χ4n) is 1.33. The second-order valence-corrected chi connectivity index (χ2v) is 3.64. The lowest BCUT2D eigenvalue weighted by Crippen LogP contribution is -2.50. The SMILES string of the molecule is COC(=O)C1(C(C)(C)O)C=COC1. The van der Waals surface area contributed by atoms with Gasteiger partial charge in [-0.2, -0.15) is 0 Å². The highest BCUT2D eigenvalue weighted by molar-refractivity contribution is 5.81. The van der Waals surface area contributed by atoms with Gasteiger partial charge < -0.3 is 14.6 Å². The molecule has 1 aliphatic heterocycles. The Bertz CT molecular complexity index is 238. The Labute approximate surface area is 77.1 Å². The van der Waals surface area contributed by atoms with Gasteiger partial charge in [-0.05, 0) is 19.9 Å². The number of esters is 1. The van der Waals surface area contributed by atoms with Gasteiger partial charge in [-0.3, -0.25) is 4.79 Å². The van der Waals surface area contributed by atoms with Gasteiger partial charge in [-0.1, -0.05) is 0 Å². The van der Waals surface area contributed by atoms with Crippen molar-refractivity contribution in [1.82, 2.24) is 0 Å². The van der Waals surface area contributed by atoms with E-state index >= 15 is 0 Å². The Morgan fingerprint density at radius 2 is 2.31 bits per heavy atom. The van der Waals surface area contributed by atoms with Gasteiger partial charge >= 0.3 is 5.97 Å². The number of hydrogen-bond acceptors (Lipinski definition) is 4. The molecule has 1 unspecified atom stereocenters. The lowest BCUT2D eigenvalue weighted by molar-refractivity contribution is -0.164. The molecule has 74 valence electrons. The van der Waals surface area contributed by atoms with Gasteiger partial charge in [0.05, 0.1) is 19.0 Å². The van der Waals surface area contributed by atoms with E-state index in [0.717, 1.165) is 0 Å². The van der Waals surface area contributed by atoms with Crippen molar-refractivity contribution < 1.29 is 19.4 Å². The summed E-state index contributed by atoms with van der Waals surface area (Å²) >= 11 is 0. The van der Waals surface area contributed by atoms with Crippen LogP contribution < -0.4 is 0 Å². The summed E-state index contributed by atoms with van der Waals surface area (Å²) in [5.41, 5.74) is -2.26. The summed E-state index contributed by atoms with van der Waals surface area (Å²) in [4.78, 5) is 11.5. The Balaban J connectivity index is 3.02. The van der Waals surface area contributed by atoms with E-state index in [1.807, 2.05) is 0 Å². The van der Waals surface area contributed by atoms with Crippen molar-refractivity contribution in [1.29, 1.82) is 0 Å². The zero-order valence-corrected chi connectivity index (χ0v) is 8.03. The Morgan fingerprint density at radius 1 is 1.69 bits per heavy atom. The number of aliphatic hydroxyl groups is 1. The summed E-state index contributed by atoms with van der Waals surface area (Å²) in [6.45, 7) is 3.25. The molecule has 0 bridgehead atoms. The van der Waals surface area contributed by atoms with Crippen LogP contribution in [-0.4, -0.2) is 30.4 Å². The van der Waals surface area contributed by atoms with E-state index in [4.69, 9.17) is 4.74 Å². The van der Waals surface area contributed by atoms with Crippen molar-refractivity contribution in [2.24, 2.45) is 5.41 Å². The molecule has 0 radical (unpaired) electrons. The average Bonchev–Trinajstić information content (AvgIpc) is 2.50. The van der Waals surface area contributed by atoms with Crippen molar-refractivity contribution >= 4 is 5.97 Å². The third-order valence-electron chi connectivity index (χ3n) is 2.40. The quantitative estimate of drug-likeness (QED) is 0.636. The van der Waals surface area contributed by atoms with E-state index in [-0.39, 0.29) is 6.61 Å². The Kier molecular flexibility index (Phi) is 2.34. The molecule has 0 aromatic rings. The molecule has 1 heterocycles. The van der Waals surface area contributed by atoms with Gasteiger partial charge in [0.2, 0.25) is 0 Å². The van der Waals surface area contributed by atoms with Crippen molar-refractivity contribution in [3.05, 3.63) is 12.3 Å². The lowest BCUT2D eigenvalue weighted by Gasteiger charge is -2.34. The number of carbonyl (C=O) groups excluding carboxylic acids is 1. The van der Waals surface area contributed by atoms with E-state index in [9.17, 15) is 9.90 Å². The second kappa shape index (κ2) is 3.03. The minimum absolute atomic E-state index is 0.128. The number of methoxy groups -OCH3 is 1. The molecule has 4 nitrogen and oxygen atoms in total. The number of carbonyl (C=O) groups is 1. The first-order valence-electron chi connectivity index (χ1n) is 4.04. The molecule has 1 rings (SSSR count). The predicted octanol–water partition coefficient (Wildman–Crippen LogP) is 0.461. The van der Waals surface area contributed by atoms with Crippen molar-refractivity contribution in [3.8, 4) is 0 Å². The van der Waals surface area contributed by atoms with E-state index < -0.39 is 17.0 Å². The molecular weight excluding hydrogens is 172 g/mol. The smallest absolute Gasteiger partial charge is 0.322 e. The molecule has 1 aliphatic rings. The molecule has 0 fully saturated rings. The third kappa shape index (κ3) is 1.42. The summed E-state index contributed by atoms with van der Waals surface area (Å²) in [5.74, 6) is -0.478. The maximum Gasteiger partial charge on any atom is 0.322 e. The van der Waals surface area contributed by atoms with Crippen LogP contribution in [0.4, 0.5) is 0 Å². The summed E-state index contributed by atoms with van der Waals surface area (Å²) in [7, 11) is 1.29. The first-order chi connectivity index (χ1) is 5.94. The minimum atomic E-state index is -1.19. The van der Waals surface area contributed by atoms with Crippen molar-refractivity contribution in [3.63, 3.8) is 0 Å². The van der Waals surface area contributed by atoms with Crippen LogP contribution in [-0.2, 0) is 14.3 Å². The average molecular weight is 186 g/mol. The van der Waals surface area contributed by atoms with Crippen LogP contribution in [0, 0.1) is 5.41 Å². The fourth-order valence-corrected chi connectivity index (χ4v) is 1.33. The van der Waals surface area contributed by atoms with Crippen LogP contribution in [0.15, 0.2) is 12.3 Å². The maximum atomic E-state index is 11.5. The van der Waals surface area contributed by atoms with Gasteiger partial charge in [-0.25, -0.2) is 0 Å². The summed E-state index contributed by atoms with van der Waals surface area (Å²) < 4.78 is 9.60. The zero-order valence-electron chi connectivity index (χ0n) is 8.03. The largest absolute Gasteiger partial charge is 0.500 e. The monoisotopic (exact) mass is 186 g/mol. The molecular formula is C9H14O4. The highest BCUT2D eigenvalue weighted by Crippen LogP contribution is 2.37. The zero-order chi connectivity index (χ0) is 10.1. The molecule has 0 saturated heterocycles. The summed E-state index contributed by atoms with van der Waals surface area (Å²) in [6.07, 6.45) is 2.95. The van der Waals surface area contributed by atoms with Crippen LogP contribution in [0.1, 0.15) is 13.8 Å². The van der Waals surface area contributed by atoms with Gasteiger partial charge in [0.15, 0.2) is 5.41 Å². The third-order valence-corrected chi connectivity index (χ3v) is 2.40. The van der Waals surface area contributed by atoms with E-state index in [1.165, 1.54) is 13.4 Å². The standard InChI is InChI=1S/C9H14O4/c1-8(2,11)9(7(10)12-3)4-5-13-6-9/h4-5,11H,6H2,1-3H3. The molecule has 0 aromatic heterocycles. The lowest BCUT2D eigenvalue weighted by atomic mass is 9.75. The fraction of sp³-hybridized carbons (Fsp3) is 0.667. The van der Waals surface area contributed by atoms with E-state index in [2.05, 4.69) is 4.74 Å². The van der Waals surface area contributed by atoms with Crippen LogP contribution in [0.3, 0.4) is 0 Å². The van der Waals surface area contributed by atoms with Crippen LogP contribution in [0.25, 0.3) is 0 Å². The van der Waals surface area contributed by atoms with Crippen LogP contribution >= 0.6 is 0 Å². The first-order valence-corrected chi connectivity index (χ1v) is 4.04. The minimum Gasteiger partial charge on any atom is -0.500 e. The van der Waals surface area contributed by atoms with Gasteiger partial charge in [0.1, 0.15) is 6.61 Å². The van der Waals surface area contributed by atoms with Crippen molar-refractivity contribution in [2.75, 3.05) is 13.7 Å². The van der Waals surface area contributed by atoms with Gasteiger partial charge in [0, 0.05) is 0 Å². The Hall–Kier alpha value is -1.03. The predicted molar refractivity (Wildman–Crippen MR) is 45.8 cm³/mol.